The molecule has 1 heterocycles. The van der Waals surface area contributed by atoms with Crippen LogP contribution in [0, 0.1) is 0 Å². The summed E-state index contributed by atoms with van der Waals surface area (Å²) in [5.74, 6) is 0. The number of aromatic nitrogens is 2. The van der Waals surface area contributed by atoms with Gasteiger partial charge in [-0.05, 0) is 6.08 Å². The maximum atomic E-state index is 4.78. The zero-order valence-corrected chi connectivity index (χ0v) is 5.22. The number of methoxy groups -OCH3 is 1. The number of nitrogens with one attached hydrogen (secondary N) is 1. The highest BCUT2D eigenvalue weighted by molar-refractivity contribution is 5.40. The summed E-state index contributed by atoms with van der Waals surface area (Å²) >= 11 is 0. The first-order chi connectivity index (χ1) is 4.36. The van der Waals surface area contributed by atoms with Crippen LogP contribution in [0.4, 0.5) is 0 Å². The Labute approximate surface area is 53.4 Å². The van der Waals surface area contributed by atoms with Crippen LogP contribution in [0.25, 0.3) is 6.08 Å². The Morgan fingerprint density at radius 1 is 1.89 bits per heavy atom. The van der Waals surface area contributed by atoms with Crippen molar-refractivity contribution < 1.29 is 4.74 Å². The standard InChI is InChI=1S/C6H8N2O/c1-3-5-4-7-6(8-5)9-2/h3-4H,1H2,2H3,(H,7,8). The minimum Gasteiger partial charge on any atom is -0.468 e. The number of imidazole rings is 1. The third-order valence-corrected chi connectivity index (χ3v) is 0.985. The molecule has 0 aliphatic rings. The van der Waals surface area contributed by atoms with Crippen molar-refractivity contribution in [1.82, 2.24) is 9.97 Å². The smallest absolute Gasteiger partial charge is 0.293 e. The lowest BCUT2D eigenvalue weighted by molar-refractivity contribution is 0.384. The predicted octanol–water partition coefficient (Wildman–Crippen LogP) is 1.06. The van der Waals surface area contributed by atoms with Gasteiger partial charge in [0, 0.05) is 0 Å². The molecule has 0 aliphatic carbocycles. The summed E-state index contributed by atoms with van der Waals surface area (Å²) in [6.07, 6.45) is 3.33. The fourth-order valence-corrected chi connectivity index (χ4v) is 0.524. The molecule has 0 aromatic carbocycles. The van der Waals surface area contributed by atoms with Crippen molar-refractivity contribution in [2.24, 2.45) is 0 Å². The molecule has 0 fully saturated rings. The summed E-state index contributed by atoms with van der Waals surface area (Å²) in [4.78, 5) is 6.72. The number of hydrogen-bond acceptors (Lipinski definition) is 2. The second-order valence-corrected chi connectivity index (χ2v) is 1.55. The van der Waals surface area contributed by atoms with E-state index in [0.717, 1.165) is 5.69 Å². The summed E-state index contributed by atoms with van der Waals surface area (Å²) in [5, 5.41) is 0. The molecule has 0 aliphatic heterocycles. The second kappa shape index (κ2) is 2.35. The molecule has 0 bridgehead atoms. The average molecular weight is 124 g/mol. The van der Waals surface area contributed by atoms with E-state index in [1.54, 1.807) is 19.4 Å². The summed E-state index contributed by atoms with van der Waals surface area (Å²) < 4.78 is 4.78. The number of aromatic amines is 1. The van der Waals surface area contributed by atoms with Gasteiger partial charge in [0.25, 0.3) is 6.01 Å². The zero-order chi connectivity index (χ0) is 6.69. The van der Waals surface area contributed by atoms with Gasteiger partial charge in [0.2, 0.25) is 0 Å². The zero-order valence-electron chi connectivity index (χ0n) is 5.22. The van der Waals surface area contributed by atoms with Gasteiger partial charge in [0.1, 0.15) is 0 Å². The molecule has 0 radical (unpaired) electrons. The summed E-state index contributed by atoms with van der Waals surface area (Å²) in [5.41, 5.74) is 0.867. The lowest BCUT2D eigenvalue weighted by Gasteiger charge is -1.87. The Morgan fingerprint density at radius 3 is 3.00 bits per heavy atom. The van der Waals surface area contributed by atoms with Crippen molar-refractivity contribution in [1.29, 1.82) is 0 Å². The number of H-pyrrole nitrogens is 1. The lowest BCUT2D eigenvalue weighted by Crippen LogP contribution is -1.82. The lowest BCUT2D eigenvalue weighted by atomic mass is 10.5. The van der Waals surface area contributed by atoms with Crippen LogP contribution >= 0.6 is 0 Å². The van der Waals surface area contributed by atoms with Crippen LogP contribution in [0.2, 0.25) is 0 Å². The highest BCUT2D eigenvalue weighted by atomic mass is 16.5. The molecule has 3 heteroatoms. The maximum Gasteiger partial charge on any atom is 0.293 e. The number of nitrogens with zero attached hydrogens (tertiary/aromatic N) is 1. The first-order valence-corrected chi connectivity index (χ1v) is 2.58. The van der Waals surface area contributed by atoms with E-state index in [9.17, 15) is 0 Å². The van der Waals surface area contributed by atoms with E-state index < -0.39 is 0 Å². The Balaban J connectivity index is 2.86. The highest BCUT2D eigenvalue weighted by Gasteiger charge is 1.92. The van der Waals surface area contributed by atoms with E-state index in [-0.39, 0.29) is 0 Å². The fraction of sp³-hybridized carbons (Fsp3) is 0.167. The van der Waals surface area contributed by atoms with Crippen LogP contribution in [0.5, 0.6) is 6.01 Å². The van der Waals surface area contributed by atoms with Gasteiger partial charge in [-0.15, -0.1) is 0 Å². The topological polar surface area (TPSA) is 37.9 Å². The maximum absolute atomic E-state index is 4.78. The molecule has 0 unspecified atom stereocenters. The van der Waals surface area contributed by atoms with Gasteiger partial charge in [-0.2, -0.15) is 0 Å². The van der Waals surface area contributed by atoms with Crippen molar-refractivity contribution in [2.45, 2.75) is 0 Å². The van der Waals surface area contributed by atoms with E-state index in [1.807, 2.05) is 0 Å². The number of rotatable bonds is 2. The number of hydrogen-bond donors (Lipinski definition) is 1. The molecule has 0 saturated carbocycles. The third kappa shape index (κ3) is 1.10. The summed E-state index contributed by atoms with van der Waals surface area (Å²) in [6, 6.07) is 0.518. The van der Waals surface area contributed by atoms with Crippen molar-refractivity contribution in [3.05, 3.63) is 18.5 Å². The van der Waals surface area contributed by atoms with Crippen molar-refractivity contribution in [3.63, 3.8) is 0 Å². The molecule has 1 rings (SSSR count). The van der Waals surface area contributed by atoms with Crippen LogP contribution < -0.4 is 4.74 Å². The Kier molecular flexibility index (Phi) is 1.53. The van der Waals surface area contributed by atoms with E-state index >= 15 is 0 Å². The Morgan fingerprint density at radius 2 is 2.67 bits per heavy atom. The van der Waals surface area contributed by atoms with Gasteiger partial charge in [0.15, 0.2) is 0 Å². The quantitative estimate of drug-likeness (QED) is 0.640. The van der Waals surface area contributed by atoms with Gasteiger partial charge in [-0.3, -0.25) is 0 Å². The first-order valence-electron chi connectivity index (χ1n) is 2.58. The predicted molar refractivity (Wildman–Crippen MR) is 35.2 cm³/mol. The summed E-state index contributed by atoms with van der Waals surface area (Å²) in [6.45, 7) is 3.55. The second-order valence-electron chi connectivity index (χ2n) is 1.55. The monoisotopic (exact) mass is 124 g/mol. The Bertz CT molecular complexity index is 205. The molecule has 0 atom stereocenters. The Hall–Kier alpha value is -1.25. The van der Waals surface area contributed by atoms with Gasteiger partial charge in [-0.1, -0.05) is 6.58 Å². The van der Waals surface area contributed by atoms with Crippen LogP contribution in [0.15, 0.2) is 12.8 Å². The van der Waals surface area contributed by atoms with Gasteiger partial charge in [-0.25, -0.2) is 4.98 Å². The molecule has 1 aromatic rings. The molecule has 0 saturated heterocycles. The largest absolute Gasteiger partial charge is 0.468 e. The SMILES string of the molecule is C=Cc1cnc(OC)[nH]1. The molecule has 9 heavy (non-hydrogen) atoms. The third-order valence-electron chi connectivity index (χ3n) is 0.985. The minimum absolute atomic E-state index is 0.518. The van der Waals surface area contributed by atoms with Crippen molar-refractivity contribution >= 4 is 6.08 Å². The normalized spacial score (nSPS) is 9.00. The van der Waals surface area contributed by atoms with E-state index in [0.29, 0.717) is 6.01 Å². The fourth-order valence-electron chi connectivity index (χ4n) is 0.524. The van der Waals surface area contributed by atoms with Crippen LogP contribution in [-0.2, 0) is 0 Å². The van der Waals surface area contributed by atoms with Crippen molar-refractivity contribution in [2.75, 3.05) is 7.11 Å². The van der Waals surface area contributed by atoms with E-state index in [1.165, 1.54) is 0 Å². The molecule has 1 N–H and O–H groups in total. The van der Waals surface area contributed by atoms with Crippen molar-refractivity contribution in [3.8, 4) is 6.01 Å². The minimum atomic E-state index is 0.518. The number of ether oxygens (including phenoxy) is 1. The van der Waals surface area contributed by atoms with Gasteiger partial charge >= 0.3 is 0 Å². The molecular weight excluding hydrogens is 116 g/mol. The molecule has 3 nitrogen and oxygen atoms in total. The average Bonchev–Trinajstić information content (AvgIpc) is 2.34. The van der Waals surface area contributed by atoms with Crippen LogP contribution in [0.3, 0.4) is 0 Å². The molecule has 0 spiro atoms. The summed E-state index contributed by atoms with van der Waals surface area (Å²) in [7, 11) is 1.56. The molecule has 0 amide bonds. The molecular formula is C6H8N2O. The van der Waals surface area contributed by atoms with E-state index in [2.05, 4.69) is 16.5 Å². The van der Waals surface area contributed by atoms with E-state index in [4.69, 9.17) is 4.74 Å². The highest BCUT2D eigenvalue weighted by Crippen LogP contribution is 2.03. The first kappa shape index (κ1) is 5.88. The molecule has 48 valence electrons. The molecule has 1 aromatic heterocycles. The van der Waals surface area contributed by atoms with Gasteiger partial charge in [0.05, 0.1) is 19.0 Å². The van der Waals surface area contributed by atoms with Crippen LogP contribution in [-0.4, -0.2) is 17.1 Å². The van der Waals surface area contributed by atoms with Crippen LogP contribution in [0.1, 0.15) is 5.69 Å². The van der Waals surface area contributed by atoms with Gasteiger partial charge < -0.3 is 9.72 Å².